The van der Waals surface area contributed by atoms with Crippen LogP contribution in [0, 0.1) is 13.8 Å². The zero-order valence-corrected chi connectivity index (χ0v) is 18.4. The van der Waals surface area contributed by atoms with Gasteiger partial charge in [-0.05, 0) is 49.7 Å². The molecule has 0 atom stereocenters. The van der Waals surface area contributed by atoms with E-state index in [1.54, 1.807) is 12.1 Å². The average Bonchev–Trinajstić information content (AvgIpc) is 3.19. The zero-order valence-electron chi connectivity index (χ0n) is 18.4. The standard InChI is InChI=1S/C26H24N2O5/c1-17-8-11-21(14-24(29)30)25(27-17)32-15-19-9-12-22(13-10-19)31-16-23-18(2)33-26(28-23)20-6-4-3-5-7-20/h3-13H,14-16H2,1-2H3,(H,29,30). The first kappa shape index (κ1) is 22.1. The number of aromatic nitrogens is 2. The van der Waals surface area contributed by atoms with Crippen LogP contribution in [0.2, 0.25) is 0 Å². The Hall–Kier alpha value is -4.13. The van der Waals surface area contributed by atoms with Crippen molar-refractivity contribution in [3.05, 3.63) is 95.0 Å². The Balaban J connectivity index is 1.36. The van der Waals surface area contributed by atoms with Gasteiger partial charge in [0.2, 0.25) is 11.8 Å². The van der Waals surface area contributed by atoms with Crippen LogP contribution < -0.4 is 9.47 Å². The highest BCUT2D eigenvalue weighted by Crippen LogP contribution is 2.23. The third-order valence-corrected chi connectivity index (χ3v) is 5.01. The van der Waals surface area contributed by atoms with Crippen molar-refractivity contribution < 1.29 is 23.8 Å². The summed E-state index contributed by atoms with van der Waals surface area (Å²) >= 11 is 0. The fourth-order valence-electron chi connectivity index (χ4n) is 3.24. The zero-order chi connectivity index (χ0) is 23.2. The van der Waals surface area contributed by atoms with Crippen LogP contribution in [0.15, 0.2) is 71.1 Å². The number of aliphatic carboxylic acids is 1. The van der Waals surface area contributed by atoms with Crippen LogP contribution in [0.4, 0.5) is 0 Å². The Morgan fingerprint density at radius 3 is 2.39 bits per heavy atom. The molecule has 0 saturated carbocycles. The van der Waals surface area contributed by atoms with Crippen molar-refractivity contribution in [2.45, 2.75) is 33.5 Å². The summed E-state index contributed by atoms with van der Waals surface area (Å²) in [4.78, 5) is 19.9. The summed E-state index contributed by atoms with van der Waals surface area (Å²) in [6.45, 7) is 4.27. The minimum atomic E-state index is -0.926. The van der Waals surface area contributed by atoms with Crippen LogP contribution in [0.1, 0.15) is 28.3 Å². The lowest BCUT2D eigenvalue weighted by atomic mass is 10.2. The van der Waals surface area contributed by atoms with Gasteiger partial charge in [-0.1, -0.05) is 36.4 Å². The molecule has 7 nitrogen and oxygen atoms in total. The molecule has 0 aliphatic carbocycles. The van der Waals surface area contributed by atoms with Gasteiger partial charge in [0.15, 0.2) is 0 Å². The largest absolute Gasteiger partial charge is 0.487 e. The highest BCUT2D eigenvalue weighted by molar-refractivity contribution is 5.71. The minimum Gasteiger partial charge on any atom is -0.487 e. The maximum absolute atomic E-state index is 11.1. The van der Waals surface area contributed by atoms with Crippen LogP contribution >= 0.6 is 0 Å². The Labute approximate surface area is 191 Å². The molecule has 0 spiro atoms. The van der Waals surface area contributed by atoms with Crippen molar-refractivity contribution in [2.75, 3.05) is 0 Å². The molecule has 33 heavy (non-hydrogen) atoms. The van der Waals surface area contributed by atoms with Gasteiger partial charge in [-0.15, -0.1) is 0 Å². The molecule has 0 amide bonds. The van der Waals surface area contributed by atoms with Gasteiger partial charge in [0.1, 0.15) is 30.4 Å². The van der Waals surface area contributed by atoms with E-state index in [0.29, 0.717) is 29.7 Å². The minimum absolute atomic E-state index is 0.136. The molecule has 0 aliphatic heterocycles. The summed E-state index contributed by atoms with van der Waals surface area (Å²) in [6.07, 6.45) is -0.136. The van der Waals surface area contributed by atoms with Crippen LogP contribution in [0.3, 0.4) is 0 Å². The summed E-state index contributed by atoms with van der Waals surface area (Å²) in [5.74, 6) is 1.41. The van der Waals surface area contributed by atoms with E-state index >= 15 is 0 Å². The van der Waals surface area contributed by atoms with E-state index in [-0.39, 0.29) is 13.0 Å². The normalized spacial score (nSPS) is 10.7. The predicted molar refractivity (Wildman–Crippen MR) is 122 cm³/mol. The fourth-order valence-corrected chi connectivity index (χ4v) is 3.24. The first-order valence-corrected chi connectivity index (χ1v) is 10.5. The van der Waals surface area contributed by atoms with E-state index in [9.17, 15) is 4.79 Å². The van der Waals surface area contributed by atoms with Gasteiger partial charge < -0.3 is 19.0 Å². The Bertz CT molecular complexity index is 1230. The second kappa shape index (κ2) is 9.99. The SMILES string of the molecule is Cc1ccc(CC(=O)O)c(OCc2ccc(OCc3nc(-c4ccccc4)oc3C)cc2)n1. The fraction of sp³-hybridized carbons (Fsp3) is 0.192. The summed E-state index contributed by atoms with van der Waals surface area (Å²) in [6, 6.07) is 20.7. The maximum atomic E-state index is 11.1. The molecule has 0 fully saturated rings. The topological polar surface area (TPSA) is 94.7 Å². The van der Waals surface area contributed by atoms with Crippen molar-refractivity contribution in [1.29, 1.82) is 0 Å². The van der Waals surface area contributed by atoms with Gasteiger partial charge in [0.05, 0.1) is 6.42 Å². The molecule has 2 heterocycles. The molecule has 7 heteroatoms. The van der Waals surface area contributed by atoms with Crippen molar-refractivity contribution in [3.8, 4) is 23.1 Å². The lowest BCUT2D eigenvalue weighted by Gasteiger charge is -2.11. The molecule has 168 valence electrons. The molecular formula is C26H24N2O5. The maximum Gasteiger partial charge on any atom is 0.308 e. The van der Waals surface area contributed by atoms with Crippen LogP contribution in [0.25, 0.3) is 11.5 Å². The second-order valence-corrected chi connectivity index (χ2v) is 7.60. The molecule has 2 aromatic heterocycles. The van der Waals surface area contributed by atoms with Crippen LogP contribution in [0.5, 0.6) is 11.6 Å². The molecule has 0 saturated heterocycles. The van der Waals surface area contributed by atoms with Gasteiger partial charge in [-0.2, -0.15) is 0 Å². The third-order valence-electron chi connectivity index (χ3n) is 5.01. The summed E-state index contributed by atoms with van der Waals surface area (Å²) in [5.41, 5.74) is 3.90. The first-order chi connectivity index (χ1) is 16.0. The van der Waals surface area contributed by atoms with Crippen molar-refractivity contribution >= 4 is 5.97 Å². The number of benzene rings is 2. The summed E-state index contributed by atoms with van der Waals surface area (Å²) in [7, 11) is 0. The van der Waals surface area contributed by atoms with E-state index in [1.165, 1.54) is 0 Å². The lowest BCUT2D eigenvalue weighted by molar-refractivity contribution is -0.136. The number of ether oxygens (including phenoxy) is 2. The number of rotatable bonds is 9. The number of nitrogens with zero attached hydrogens (tertiary/aromatic N) is 2. The first-order valence-electron chi connectivity index (χ1n) is 10.5. The number of pyridine rings is 1. The van der Waals surface area contributed by atoms with Gasteiger partial charge >= 0.3 is 5.97 Å². The molecule has 0 radical (unpaired) electrons. The Morgan fingerprint density at radius 1 is 0.909 bits per heavy atom. The highest BCUT2D eigenvalue weighted by atomic mass is 16.5. The van der Waals surface area contributed by atoms with Crippen LogP contribution in [-0.4, -0.2) is 21.0 Å². The lowest BCUT2D eigenvalue weighted by Crippen LogP contribution is -2.06. The molecular weight excluding hydrogens is 420 g/mol. The molecule has 0 unspecified atom stereocenters. The number of carboxylic acid groups (broad SMARTS) is 1. The van der Waals surface area contributed by atoms with Gasteiger partial charge in [0.25, 0.3) is 0 Å². The average molecular weight is 444 g/mol. The van der Waals surface area contributed by atoms with E-state index < -0.39 is 5.97 Å². The Morgan fingerprint density at radius 2 is 1.67 bits per heavy atom. The Kier molecular flexibility index (Phi) is 6.69. The molecule has 4 aromatic rings. The number of aryl methyl sites for hydroxylation is 2. The van der Waals surface area contributed by atoms with E-state index in [0.717, 1.165) is 28.3 Å². The predicted octanol–water partition coefficient (Wildman–Crippen LogP) is 5.14. The van der Waals surface area contributed by atoms with Crippen LogP contribution in [-0.2, 0) is 24.4 Å². The summed E-state index contributed by atoms with van der Waals surface area (Å²) < 4.78 is 17.4. The quantitative estimate of drug-likeness (QED) is 0.382. The highest BCUT2D eigenvalue weighted by Gasteiger charge is 2.13. The number of hydrogen-bond donors (Lipinski definition) is 1. The van der Waals surface area contributed by atoms with Gasteiger partial charge in [-0.25, -0.2) is 9.97 Å². The molecule has 0 bridgehead atoms. The summed E-state index contributed by atoms with van der Waals surface area (Å²) in [5, 5.41) is 9.08. The third kappa shape index (κ3) is 5.77. The van der Waals surface area contributed by atoms with Crippen molar-refractivity contribution in [1.82, 2.24) is 9.97 Å². The van der Waals surface area contributed by atoms with Crippen molar-refractivity contribution in [3.63, 3.8) is 0 Å². The van der Waals surface area contributed by atoms with E-state index in [2.05, 4.69) is 9.97 Å². The molecule has 4 rings (SSSR count). The number of carbonyl (C=O) groups is 1. The number of oxazole rings is 1. The molecule has 2 aromatic carbocycles. The molecule has 1 N–H and O–H groups in total. The van der Waals surface area contributed by atoms with E-state index in [4.69, 9.17) is 19.0 Å². The van der Waals surface area contributed by atoms with Crippen molar-refractivity contribution in [2.24, 2.45) is 0 Å². The number of carboxylic acids is 1. The second-order valence-electron chi connectivity index (χ2n) is 7.60. The number of hydrogen-bond acceptors (Lipinski definition) is 6. The molecule has 0 aliphatic rings. The van der Waals surface area contributed by atoms with Gasteiger partial charge in [0, 0.05) is 16.8 Å². The monoisotopic (exact) mass is 444 g/mol. The van der Waals surface area contributed by atoms with Gasteiger partial charge in [-0.3, -0.25) is 4.79 Å². The smallest absolute Gasteiger partial charge is 0.308 e. The van der Waals surface area contributed by atoms with E-state index in [1.807, 2.05) is 68.4 Å².